The Morgan fingerprint density at radius 3 is 2.47 bits per heavy atom. The molecule has 0 aliphatic heterocycles. The zero-order chi connectivity index (χ0) is 22.3. The van der Waals surface area contributed by atoms with E-state index in [4.69, 9.17) is 18.4 Å². The smallest absolute Gasteiger partial charge is 0.408 e. The predicted molar refractivity (Wildman–Crippen MR) is 64.6 cm³/mol. The molecule has 0 bridgehead atoms. The summed E-state index contributed by atoms with van der Waals surface area (Å²) in [5.41, 5.74) is -1.14. The van der Waals surface area contributed by atoms with E-state index in [2.05, 4.69) is 4.74 Å². The summed E-state index contributed by atoms with van der Waals surface area (Å²) in [4.78, 5) is 24.1. The van der Waals surface area contributed by atoms with Gasteiger partial charge in [0.2, 0.25) is 0 Å². The molecule has 1 atom stereocenters. The summed E-state index contributed by atoms with van der Waals surface area (Å²) in [6.45, 7) is -3.35. The minimum absolute atomic E-state index is 0.717. The van der Waals surface area contributed by atoms with Crippen molar-refractivity contribution in [3.63, 3.8) is 0 Å². The molecule has 5 nitrogen and oxygen atoms in total. The number of hydrogen-bond donors (Lipinski definition) is 1. The van der Waals surface area contributed by atoms with Gasteiger partial charge in [-0.05, 0) is 33.0 Å². The number of rotatable bonds is 4. The first-order chi connectivity index (χ1) is 11.6. The lowest BCUT2D eigenvalue weighted by molar-refractivity contribution is -0.143. The second-order valence-electron chi connectivity index (χ2n) is 3.99. The topological polar surface area (TPSA) is 64.6 Å². The van der Waals surface area contributed by atoms with Crippen molar-refractivity contribution in [2.45, 2.75) is 52.5 Å². The standard InChI is InChI=1S/C12H23NO4/c1-8(2)7-9(10(14)16-6)13-11(15)17-12(3,4)5/h8-9H,7H2,1-6H3,(H,13,15)/t9-/m0/s1/i1D3,2D3,7D2,8D,9D. The first-order valence-electron chi connectivity index (χ1n) is 9.68. The second-order valence-corrected chi connectivity index (χ2v) is 3.99. The summed E-state index contributed by atoms with van der Waals surface area (Å²) in [5.74, 6) is -5.79. The zero-order valence-electron chi connectivity index (χ0n) is 20.1. The lowest BCUT2D eigenvalue weighted by atomic mass is 10.0. The fraction of sp³-hybridized carbons (Fsp3) is 0.833. The van der Waals surface area contributed by atoms with Crippen LogP contribution < -0.4 is 5.32 Å². The van der Waals surface area contributed by atoms with Crippen LogP contribution in [0.3, 0.4) is 0 Å². The Hall–Kier alpha value is -1.26. The Labute approximate surface area is 117 Å². The van der Waals surface area contributed by atoms with Crippen molar-refractivity contribution in [3.05, 3.63) is 0 Å². The zero-order valence-corrected chi connectivity index (χ0v) is 10.1. The largest absolute Gasteiger partial charge is 0.467 e. The molecule has 5 heteroatoms. The summed E-state index contributed by atoms with van der Waals surface area (Å²) in [7, 11) is 0.717. The monoisotopic (exact) mass is 255 g/mol. The number of amides is 1. The SMILES string of the molecule is [2H]C([2H])([2H])C([2H])(C([2H])([2H])[2H])C([2H])([2H])[C@]([2H])(NC(=O)OC(C)(C)C)C(=O)OC. The number of nitrogens with one attached hydrogen (secondary N) is 1. The number of methoxy groups -OCH3 is 1. The van der Waals surface area contributed by atoms with Crippen molar-refractivity contribution in [2.75, 3.05) is 7.11 Å². The molecule has 17 heavy (non-hydrogen) atoms. The quantitative estimate of drug-likeness (QED) is 0.781. The highest BCUT2D eigenvalue weighted by Gasteiger charge is 2.25. The van der Waals surface area contributed by atoms with Gasteiger partial charge in [0, 0.05) is 12.3 Å². The predicted octanol–water partition coefficient (Wildman–Crippen LogP) is 2.10. The van der Waals surface area contributed by atoms with E-state index in [1.807, 2.05) is 0 Å². The molecule has 0 rings (SSSR count). The summed E-state index contributed by atoms with van der Waals surface area (Å²) in [5, 5.41) is 1.53. The Morgan fingerprint density at radius 2 is 2.06 bits per heavy atom. The van der Waals surface area contributed by atoms with E-state index >= 15 is 0 Å². The molecule has 100 valence electrons. The van der Waals surface area contributed by atoms with Crippen molar-refractivity contribution in [2.24, 2.45) is 5.89 Å². The number of carbonyl (C=O) groups is 2. The van der Waals surface area contributed by atoms with Gasteiger partial charge in [-0.3, -0.25) is 0 Å². The van der Waals surface area contributed by atoms with Crippen LogP contribution in [-0.4, -0.2) is 30.8 Å². The maximum absolute atomic E-state index is 12.1. The molecule has 0 aromatic carbocycles. The third kappa shape index (κ3) is 7.60. The van der Waals surface area contributed by atoms with Crippen LogP contribution in [-0.2, 0) is 14.3 Å². The van der Waals surface area contributed by atoms with Gasteiger partial charge in [-0.25, -0.2) is 9.59 Å². The van der Waals surface area contributed by atoms with E-state index in [9.17, 15) is 9.59 Å². The fourth-order valence-electron chi connectivity index (χ4n) is 0.766. The highest BCUT2D eigenvalue weighted by atomic mass is 16.6. The van der Waals surface area contributed by atoms with Crippen molar-refractivity contribution in [1.82, 2.24) is 5.32 Å². The molecule has 0 radical (unpaired) electrons. The minimum Gasteiger partial charge on any atom is -0.467 e. The maximum Gasteiger partial charge on any atom is 0.408 e. The van der Waals surface area contributed by atoms with Gasteiger partial charge in [0.1, 0.15) is 11.6 Å². The molecule has 1 N–H and O–H groups in total. The highest BCUT2D eigenvalue weighted by Crippen LogP contribution is 2.10. The van der Waals surface area contributed by atoms with Crippen LogP contribution in [0.4, 0.5) is 4.79 Å². The van der Waals surface area contributed by atoms with Crippen molar-refractivity contribution < 1.29 is 32.8 Å². The number of carbonyl (C=O) groups excluding carboxylic acids is 2. The van der Waals surface area contributed by atoms with Crippen molar-refractivity contribution in [3.8, 4) is 0 Å². The molecule has 0 aromatic rings. The molecule has 0 heterocycles. The molecule has 0 spiro atoms. The number of alkyl carbamates (subject to hydrolysis) is 1. The van der Waals surface area contributed by atoms with Gasteiger partial charge in [0.25, 0.3) is 0 Å². The van der Waals surface area contributed by atoms with E-state index in [0.717, 1.165) is 7.11 Å². The summed E-state index contributed by atoms with van der Waals surface area (Å²) >= 11 is 0. The maximum atomic E-state index is 12.1. The van der Waals surface area contributed by atoms with E-state index in [1.165, 1.54) is 26.1 Å². The fourth-order valence-corrected chi connectivity index (χ4v) is 0.766. The Morgan fingerprint density at radius 1 is 1.47 bits per heavy atom. The van der Waals surface area contributed by atoms with E-state index in [-0.39, 0.29) is 0 Å². The lowest BCUT2D eigenvalue weighted by Crippen LogP contribution is -2.44. The first-order valence-corrected chi connectivity index (χ1v) is 4.68. The van der Waals surface area contributed by atoms with Crippen LogP contribution >= 0.6 is 0 Å². The van der Waals surface area contributed by atoms with Gasteiger partial charge in [-0.15, -0.1) is 0 Å². The van der Waals surface area contributed by atoms with Crippen LogP contribution in [0.15, 0.2) is 0 Å². The second kappa shape index (κ2) is 6.47. The molecule has 0 fully saturated rings. The lowest BCUT2D eigenvalue weighted by Gasteiger charge is -2.23. The van der Waals surface area contributed by atoms with E-state index in [0.29, 0.717) is 0 Å². The van der Waals surface area contributed by atoms with Crippen LogP contribution in [0.25, 0.3) is 0 Å². The average Bonchev–Trinajstić information content (AvgIpc) is 2.40. The Balaban J connectivity index is 6.56. The van der Waals surface area contributed by atoms with Gasteiger partial charge in [0.15, 0.2) is 0 Å². The van der Waals surface area contributed by atoms with Crippen LogP contribution in [0.2, 0.25) is 0 Å². The summed E-state index contributed by atoms with van der Waals surface area (Å²) in [6, 6.07) is -3.62. The van der Waals surface area contributed by atoms with Gasteiger partial charge >= 0.3 is 12.1 Å². The molecular formula is C12H23NO4. The van der Waals surface area contributed by atoms with Crippen molar-refractivity contribution >= 4 is 12.1 Å². The van der Waals surface area contributed by atoms with Crippen LogP contribution in [0.5, 0.6) is 0 Å². The van der Waals surface area contributed by atoms with Gasteiger partial charge in [-0.1, -0.05) is 13.7 Å². The molecule has 0 saturated carbocycles. The van der Waals surface area contributed by atoms with E-state index in [1.54, 1.807) is 0 Å². The third-order valence-corrected chi connectivity index (χ3v) is 1.27. The molecule has 0 aromatic heterocycles. The number of hydrogen-bond acceptors (Lipinski definition) is 4. The van der Waals surface area contributed by atoms with Crippen molar-refractivity contribution in [1.29, 1.82) is 0 Å². The molecule has 0 aliphatic rings. The Kier molecular flexibility index (Phi) is 2.13. The van der Waals surface area contributed by atoms with Crippen LogP contribution in [0, 0.1) is 5.89 Å². The molecule has 1 amide bonds. The molecule has 0 aliphatic carbocycles. The van der Waals surface area contributed by atoms with Gasteiger partial charge in [0.05, 0.1) is 8.48 Å². The highest BCUT2D eigenvalue weighted by molar-refractivity contribution is 5.81. The third-order valence-electron chi connectivity index (χ3n) is 1.27. The molecular weight excluding hydrogens is 222 g/mol. The normalized spacial score (nSPS) is 26.6. The molecule has 0 unspecified atom stereocenters. The van der Waals surface area contributed by atoms with Gasteiger partial charge in [-0.2, -0.15) is 0 Å². The first kappa shape index (κ1) is 5.59. The van der Waals surface area contributed by atoms with E-state index < -0.39 is 49.7 Å². The summed E-state index contributed by atoms with van der Waals surface area (Å²) in [6.07, 6.45) is -5.48. The van der Waals surface area contributed by atoms with Gasteiger partial charge < -0.3 is 14.8 Å². The Bertz CT molecular complexity index is 566. The molecule has 0 saturated heterocycles. The number of esters is 1. The minimum atomic E-state index is -3.97. The number of ether oxygens (including phenoxy) is 2. The summed E-state index contributed by atoms with van der Waals surface area (Å²) < 4.78 is 85.4. The van der Waals surface area contributed by atoms with Crippen LogP contribution in [0.1, 0.15) is 54.6 Å². The average molecular weight is 255 g/mol.